The molecule has 33 heavy (non-hydrogen) atoms. The van der Waals surface area contributed by atoms with E-state index in [1.807, 2.05) is 44.2 Å². The highest BCUT2D eigenvalue weighted by molar-refractivity contribution is 7.98. The van der Waals surface area contributed by atoms with Gasteiger partial charge < -0.3 is 10.0 Å². The van der Waals surface area contributed by atoms with Crippen molar-refractivity contribution in [3.05, 3.63) is 88.6 Å². The van der Waals surface area contributed by atoms with E-state index in [1.165, 1.54) is 6.07 Å². The number of hydrogen-bond acceptors (Lipinski definition) is 4. The standard InChI is InChI=1S/C27H25FN2O2S/c1-16-10-19(11-17(2)29-16)24-23(28)13-20-12-21(27(31)32)14-30(22-8-9-22)25(20)26(24)33-15-18-6-4-3-5-7-18/h3-7,10-11,13-14,22H,8-9,12,15H2,1-2H3,(H,31,32). The van der Waals surface area contributed by atoms with Crippen molar-refractivity contribution >= 4 is 23.4 Å². The molecule has 2 heterocycles. The van der Waals surface area contributed by atoms with Crippen LogP contribution < -0.4 is 4.90 Å². The number of halogens is 1. The predicted molar refractivity (Wildman–Crippen MR) is 130 cm³/mol. The molecular formula is C27H25FN2O2S. The second-order valence-electron chi connectivity index (χ2n) is 8.76. The number of hydrogen-bond donors (Lipinski definition) is 1. The summed E-state index contributed by atoms with van der Waals surface area (Å²) in [5.41, 5.74) is 6.20. The molecule has 1 saturated carbocycles. The van der Waals surface area contributed by atoms with Crippen LogP contribution in [0.15, 0.2) is 65.2 Å². The van der Waals surface area contributed by atoms with Gasteiger partial charge in [-0.15, -0.1) is 11.8 Å². The van der Waals surface area contributed by atoms with Crippen LogP contribution in [0, 0.1) is 19.7 Å². The minimum Gasteiger partial charge on any atom is -0.478 e. The summed E-state index contributed by atoms with van der Waals surface area (Å²) in [6, 6.07) is 15.8. The molecule has 1 N–H and O–H groups in total. The topological polar surface area (TPSA) is 53.4 Å². The minimum atomic E-state index is -0.949. The van der Waals surface area contributed by atoms with Gasteiger partial charge in [-0.1, -0.05) is 30.3 Å². The number of aliphatic carboxylic acids is 1. The van der Waals surface area contributed by atoms with Crippen molar-refractivity contribution < 1.29 is 14.3 Å². The maximum Gasteiger partial charge on any atom is 0.333 e. The van der Waals surface area contributed by atoms with Gasteiger partial charge in [-0.05, 0) is 61.6 Å². The van der Waals surface area contributed by atoms with Crippen molar-refractivity contribution in [2.24, 2.45) is 0 Å². The summed E-state index contributed by atoms with van der Waals surface area (Å²) >= 11 is 1.62. The lowest BCUT2D eigenvalue weighted by Crippen LogP contribution is -2.27. The number of nitrogens with zero attached hydrogens (tertiary/aromatic N) is 2. The fraction of sp³-hybridized carbons (Fsp3) is 0.259. The molecule has 0 amide bonds. The summed E-state index contributed by atoms with van der Waals surface area (Å²) in [6.07, 6.45) is 4.00. The Morgan fingerprint density at radius 1 is 1.15 bits per heavy atom. The van der Waals surface area contributed by atoms with Crippen LogP contribution in [0.25, 0.3) is 11.1 Å². The van der Waals surface area contributed by atoms with E-state index in [2.05, 4.69) is 22.0 Å². The van der Waals surface area contributed by atoms with E-state index in [-0.39, 0.29) is 18.3 Å². The third-order valence-electron chi connectivity index (χ3n) is 6.03. The highest BCUT2D eigenvalue weighted by Gasteiger charge is 2.36. The first-order valence-corrected chi connectivity index (χ1v) is 12.1. The highest BCUT2D eigenvalue weighted by Crippen LogP contribution is 2.49. The fourth-order valence-electron chi connectivity index (χ4n) is 4.46. The predicted octanol–water partition coefficient (Wildman–Crippen LogP) is 6.29. The number of benzene rings is 2. The van der Waals surface area contributed by atoms with Gasteiger partial charge in [0.2, 0.25) is 0 Å². The molecule has 0 bridgehead atoms. The molecule has 2 aliphatic rings. The second-order valence-corrected chi connectivity index (χ2v) is 9.74. The third-order valence-corrected chi connectivity index (χ3v) is 7.20. The largest absolute Gasteiger partial charge is 0.478 e. The van der Waals surface area contributed by atoms with E-state index >= 15 is 4.39 Å². The van der Waals surface area contributed by atoms with Gasteiger partial charge in [0, 0.05) is 46.3 Å². The van der Waals surface area contributed by atoms with Gasteiger partial charge in [0.05, 0.1) is 11.3 Å². The van der Waals surface area contributed by atoms with Crippen molar-refractivity contribution in [3.63, 3.8) is 0 Å². The van der Waals surface area contributed by atoms with Crippen molar-refractivity contribution in [3.8, 4) is 11.1 Å². The SMILES string of the molecule is Cc1cc(-c2c(F)cc3c(c2SCc2ccccc2)N(C2CC2)C=C(C(=O)O)C3)cc(C)n1. The van der Waals surface area contributed by atoms with Crippen LogP contribution in [-0.2, 0) is 17.0 Å². The molecule has 0 spiro atoms. The summed E-state index contributed by atoms with van der Waals surface area (Å²) in [4.78, 5) is 19.2. The van der Waals surface area contributed by atoms with Crippen molar-refractivity contribution in [2.45, 2.75) is 49.8 Å². The lowest BCUT2D eigenvalue weighted by Gasteiger charge is -2.32. The monoisotopic (exact) mass is 460 g/mol. The maximum absolute atomic E-state index is 15.8. The van der Waals surface area contributed by atoms with Gasteiger partial charge in [-0.25, -0.2) is 9.18 Å². The molecule has 1 aromatic heterocycles. The number of pyridine rings is 1. The Bertz CT molecular complexity index is 1250. The summed E-state index contributed by atoms with van der Waals surface area (Å²) in [7, 11) is 0. The zero-order valence-corrected chi connectivity index (χ0v) is 19.5. The van der Waals surface area contributed by atoms with E-state index in [0.717, 1.165) is 51.5 Å². The van der Waals surface area contributed by atoms with Gasteiger partial charge in [-0.3, -0.25) is 4.98 Å². The summed E-state index contributed by atoms with van der Waals surface area (Å²) in [5.74, 6) is -0.577. The molecule has 6 heteroatoms. The van der Waals surface area contributed by atoms with E-state index in [0.29, 0.717) is 16.9 Å². The summed E-state index contributed by atoms with van der Waals surface area (Å²) < 4.78 is 15.8. The van der Waals surface area contributed by atoms with Crippen LogP contribution in [-0.4, -0.2) is 22.1 Å². The van der Waals surface area contributed by atoms with Gasteiger partial charge >= 0.3 is 5.97 Å². The Kier molecular flexibility index (Phi) is 5.71. The average Bonchev–Trinajstić information content (AvgIpc) is 3.61. The fourth-order valence-corrected chi connectivity index (χ4v) is 5.69. The van der Waals surface area contributed by atoms with Gasteiger partial charge in [0.25, 0.3) is 0 Å². The van der Waals surface area contributed by atoms with E-state index in [9.17, 15) is 9.90 Å². The number of carboxylic acid groups (broad SMARTS) is 1. The van der Waals surface area contributed by atoms with Crippen molar-refractivity contribution in [1.29, 1.82) is 0 Å². The lowest BCUT2D eigenvalue weighted by molar-refractivity contribution is -0.132. The molecule has 0 saturated heterocycles. The molecule has 0 unspecified atom stereocenters. The van der Waals surface area contributed by atoms with Gasteiger partial charge in [0.15, 0.2) is 0 Å². The molecule has 0 radical (unpaired) electrons. The number of aromatic nitrogens is 1. The number of fused-ring (bicyclic) bond motifs is 1. The molecular weight excluding hydrogens is 435 g/mol. The van der Waals surface area contributed by atoms with Crippen LogP contribution in [0.5, 0.6) is 0 Å². The molecule has 1 fully saturated rings. The molecule has 2 aromatic carbocycles. The first-order chi connectivity index (χ1) is 15.9. The number of carbonyl (C=O) groups is 1. The Hall–Kier alpha value is -3.12. The quantitative estimate of drug-likeness (QED) is 0.438. The molecule has 168 valence electrons. The molecule has 5 rings (SSSR count). The number of carboxylic acids is 1. The highest BCUT2D eigenvalue weighted by atomic mass is 32.2. The van der Waals surface area contributed by atoms with E-state index in [4.69, 9.17) is 0 Å². The van der Waals surface area contributed by atoms with Gasteiger partial charge in [-0.2, -0.15) is 0 Å². The Balaban J connectivity index is 1.70. The number of aryl methyl sites for hydroxylation is 2. The normalized spacial score (nSPS) is 15.2. The smallest absolute Gasteiger partial charge is 0.333 e. The van der Waals surface area contributed by atoms with Crippen molar-refractivity contribution in [2.75, 3.05) is 4.90 Å². The Labute approximate surface area is 197 Å². The Morgan fingerprint density at radius 2 is 1.85 bits per heavy atom. The third kappa shape index (κ3) is 4.40. The van der Waals surface area contributed by atoms with Crippen LogP contribution in [0.2, 0.25) is 0 Å². The first-order valence-electron chi connectivity index (χ1n) is 11.1. The maximum atomic E-state index is 15.8. The zero-order chi connectivity index (χ0) is 23.1. The van der Waals surface area contributed by atoms with Crippen LogP contribution in [0.1, 0.15) is 35.4 Å². The molecule has 4 nitrogen and oxygen atoms in total. The van der Waals surface area contributed by atoms with Gasteiger partial charge in [0.1, 0.15) is 5.82 Å². The second kappa shape index (κ2) is 8.67. The molecule has 1 aliphatic carbocycles. The van der Waals surface area contributed by atoms with E-state index < -0.39 is 5.97 Å². The van der Waals surface area contributed by atoms with Crippen LogP contribution >= 0.6 is 11.8 Å². The summed E-state index contributed by atoms with van der Waals surface area (Å²) in [6.45, 7) is 3.84. The molecule has 1 aliphatic heterocycles. The van der Waals surface area contributed by atoms with E-state index in [1.54, 1.807) is 18.0 Å². The lowest BCUT2D eigenvalue weighted by atomic mass is 9.94. The molecule has 0 atom stereocenters. The number of anilines is 1. The summed E-state index contributed by atoms with van der Waals surface area (Å²) in [5, 5.41) is 9.67. The molecule has 3 aromatic rings. The Morgan fingerprint density at radius 3 is 2.48 bits per heavy atom. The zero-order valence-electron chi connectivity index (χ0n) is 18.6. The number of rotatable bonds is 6. The van der Waals surface area contributed by atoms with Crippen LogP contribution in [0.3, 0.4) is 0 Å². The minimum absolute atomic E-state index is 0.221. The first kappa shape index (κ1) is 21.7. The number of thioether (sulfide) groups is 1. The average molecular weight is 461 g/mol. The van der Waals surface area contributed by atoms with Crippen molar-refractivity contribution in [1.82, 2.24) is 4.98 Å². The van der Waals surface area contributed by atoms with Crippen LogP contribution in [0.4, 0.5) is 10.1 Å².